The lowest BCUT2D eigenvalue weighted by atomic mass is 10.0. The van der Waals surface area contributed by atoms with Crippen LogP contribution in [0.2, 0.25) is 0 Å². The third-order valence-corrected chi connectivity index (χ3v) is 5.80. The van der Waals surface area contributed by atoms with Gasteiger partial charge < -0.3 is 4.42 Å². The first-order valence-corrected chi connectivity index (χ1v) is 9.87. The normalized spacial score (nSPS) is 12.4. The molecule has 0 aliphatic heterocycles. The monoisotopic (exact) mass is 366 g/mol. The quantitative estimate of drug-likeness (QED) is 0.479. The number of aromatic nitrogens is 1. The van der Waals surface area contributed by atoms with Gasteiger partial charge in [-0.1, -0.05) is 42.0 Å². The summed E-state index contributed by atoms with van der Waals surface area (Å²) in [6, 6.07) is 17.1. The van der Waals surface area contributed by atoms with Crippen molar-refractivity contribution in [2.45, 2.75) is 19.5 Å². The second-order valence-corrected chi connectivity index (χ2v) is 7.79. The van der Waals surface area contributed by atoms with E-state index in [0.717, 1.165) is 10.6 Å². The fourth-order valence-corrected chi connectivity index (χ4v) is 4.19. The van der Waals surface area contributed by atoms with Crippen LogP contribution >= 0.6 is 22.7 Å². The van der Waals surface area contributed by atoms with Crippen molar-refractivity contribution < 1.29 is 4.42 Å². The highest BCUT2D eigenvalue weighted by atomic mass is 32.1. The summed E-state index contributed by atoms with van der Waals surface area (Å²) < 4.78 is 5.62. The fraction of sp³-hybridized carbons (Fsp3) is 0.150. The Labute approximate surface area is 155 Å². The van der Waals surface area contributed by atoms with Crippen LogP contribution in [0, 0.1) is 6.92 Å². The number of thiophene rings is 2. The van der Waals surface area contributed by atoms with Crippen molar-refractivity contribution >= 4 is 22.7 Å². The first-order valence-electron chi connectivity index (χ1n) is 8.11. The van der Waals surface area contributed by atoms with E-state index in [-0.39, 0.29) is 6.04 Å². The zero-order chi connectivity index (χ0) is 17.1. The van der Waals surface area contributed by atoms with Crippen LogP contribution in [0.3, 0.4) is 0 Å². The molecule has 0 saturated heterocycles. The molecule has 126 valence electrons. The number of nitrogens with one attached hydrogen (secondary N) is 1. The highest BCUT2D eigenvalue weighted by Gasteiger charge is 2.16. The third kappa shape index (κ3) is 3.74. The van der Waals surface area contributed by atoms with Crippen molar-refractivity contribution in [2.75, 3.05) is 0 Å². The van der Waals surface area contributed by atoms with E-state index in [9.17, 15) is 0 Å². The fourth-order valence-electron chi connectivity index (χ4n) is 2.71. The Balaban J connectivity index is 1.52. The average Bonchev–Trinajstić information content (AvgIpc) is 3.39. The molecule has 3 nitrogen and oxygen atoms in total. The van der Waals surface area contributed by atoms with Crippen LogP contribution in [-0.4, -0.2) is 4.98 Å². The first-order chi connectivity index (χ1) is 12.3. The second kappa shape index (κ2) is 7.35. The Hall–Kier alpha value is -2.21. The summed E-state index contributed by atoms with van der Waals surface area (Å²) in [6.45, 7) is 2.77. The van der Waals surface area contributed by atoms with E-state index < -0.39 is 0 Å². The van der Waals surface area contributed by atoms with Gasteiger partial charge in [0.15, 0.2) is 0 Å². The summed E-state index contributed by atoms with van der Waals surface area (Å²) in [4.78, 5) is 6.95. The maximum absolute atomic E-state index is 5.62. The van der Waals surface area contributed by atoms with Crippen molar-refractivity contribution in [2.24, 2.45) is 0 Å². The van der Waals surface area contributed by atoms with Gasteiger partial charge in [-0.25, -0.2) is 4.98 Å². The molecule has 0 spiro atoms. The maximum atomic E-state index is 5.62. The highest BCUT2D eigenvalue weighted by Crippen LogP contribution is 2.27. The lowest BCUT2D eigenvalue weighted by Crippen LogP contribution is -2.21. The molecule has 4 rings (SSSR count). The van der Waals surface area contributed by atoms with Crippen LogP contribution in [0.1, 0.15) is 27.7 Å². The molecule has 1 N–H and O–H groups in total. The molecule has 4 aromatic rings. The van der Waals surface area contributed by atoms with Crippen LogP contribution in [0.15, 0.2) is 70.0 Å². The third-order valence-electron chi connectivity index (χ3n) is 4.01. The predicted octanol–water partition coefficient (Wildman–Crippen LogP) is 5.65. The van der Waals surface area contributed by atoms with Gasteiger partial charge in [-0.15, -0.1) is 22.7 Å². The van der Waals surface area contributed by atoms with Crippen LogP contribution in [0.25, 0.3) is 10.8 Å². The lowest BCUT2D eigenvalue weighted by molar-refractivity contribution is 0.566. The van der Waals surface area contributed by atoms with Gasteiger partial charge in [0.05, 0.1) is 16.6 Å². The topological polar surface area (TPSA) is 38.1 Å². The van der Waals surface area contributed by atoms with Gasteiger partial charge >= 0.3 is 0 Å². The van der Waals surface area contributed by atoms with Gasteiger partial charge in [0, 0.05) is 11.4 Å². The van der Waals surface area contributed by atoms with E-state index in [4.69, 9.17) is 4.42 Å². The van der Waals surface area contributed by atoms with E-state index in [1.165, 1.54) is 16.0 Å². The molecular formula is C20H18N2OS2. The van der Waals surface area contributed by atoms with Crippen molar-refractivity contribution in [1.82, 2.24) is 10.3 Å². The molecule has 0 radical (unpaired) electrons. The number of oxazole rings is 1. The molecule has 0 aliphatic rings. The number of hydrogen-bond donors (Lipinski definition) is 1. The molecule has 3 aromatic heterocycles. The predicted molar refractivity (Wildman–Crippen MR) is 104 cm³/mol. The van der Waals surface area contributed by atoms with Gasteiger partial charge in [-0.05, 0) is 35.4 Å². The van der Waals surface area contributed by atoms with Crippen molar-refractivity contribution in [1.29, 1.82) is 0 Å². The van der Waals surface area contributed by atoms with E-state index >= 15 is 0 Å². The molecule has 3 heterocycles. The molecule has 0 bridgehead atoms. The highest BCUT2D eigenvalue weighted by molar-refractivity contribution is 7.13. The van der Waals surface area contributed by atoms with E-state index in [1.807, 2.05) is 17.5 Å². The van der Waals surface area contributed by atoms with Gasteiger partial charge in [0.1, 0.15) is 6.26 Å². The summed E-state index contributed by atoms with van der Waals surface area (Å²) in [5.41, 5.74) is 3.44. The minimum atomic E-state index is 0.155. The SMILES string of the molecule is Cc1ccc([C@@H](NCc2coc(-c3cccs3)n2)c2cccs2)cc1. The number of rotatable bonds is 6. The van der Waals surface area contributed by atoms with Crippen molar-refractivity contribution in [3.8, 4) is 10.8 Å². The number of benzene rings is 1. The minimum Gasteiger partial charge on any atom is -0.444 e. The molecule has 25 heavy (non-hydrogen) atoms. The van der Waals surface area contributed by atoms with E-state index in [1.54, 1.807) is 28.9 Å². The summed E-state index contributed by atoms with van der Waals surface area (Å²) in [7, 11) is 0. The Bertz CT molecular complexity index is 909. The van der Waals surface area contributed by atoms with E-state index in [0.29, 0.717) is 12.4 Å². The molecule has 1 aromatic carbocycles. The summed E-state index contributed by atoms with van der Waals surface area (Å²) in [5, 5.41) is 7.77. The molecule has 1 atom stereocenters. The summed E-state index contributed by atoms with van der Waals surface area (Å²) >= 11 is 3.40. The maximum Gasteiger partial charge on any atom is 0.236 e. The molecule has 0 unspecified atom stereocenters. The van der Waals surface area contributed by atoms with Crippen LogP contribution in [0.5, 0.6) is 0 Å². The molecule has 0 amide bonds. The molecule has 0 aliphatic carbocycles. The summed E-state index contributed by atoms with van der Waals surface area (Å²) in [6.07, 6.45) is 1.74. The molecule has 0 fully saturated rings. The lowest BCUT2D eigenvalue weighted by Gasteiger charge is -2.17. The Morgan fingerprint density at radius 2 is 1.84 bits per heavy atom. The van der Waals surface area contributed by atoms with Crippen molar-refractivity contribution in [3.05, 3.63) is 87.3 Å². The smallest absolute Gasteiger partial charge is 0.236 e. The largest absolute Gasteiger partial charge is 0.444 e. The Morgan fingerprint density at radius 3 is 2.56 bits per heavy atom. The molecular weight excluding hydrogens is 348 g/mol. The Morgan fingerprint density at radius 1 is 1.04 bits per heavy atom. The number of hydrogen-bond acceptors (Lipinski definition) is 5. The molecule has 5 heteroatoms. The number of aryl methyl sites for hydroxylation is 1. The average molecular weight is 367 g/mol. The van der Waals surface area contributed by atoms with Gasteiger partial charge in [0.25, 0.3) is 0 Å². The van der Waals surface area contributed by atoms with Crippen LogP contribution < -0.4 is 5.32 Å². The minimum absolute atomic E-state index is 0.155. The zero-order valence-corrected chi connectivity index (χ0v) is 15.4. The first kappa shape index (κ1) is 16.3. The van der Waals surface area contributed by atoms with Crippen molar-refractivity contribution in [3.63, 3.8) is 0 Å². The standard InChI is InChI=1S/C20H18N2OS2/c1-14-6-8-15(9-7-14)19(17-4-2-10-24-17)21-12-16-13-23-20(22-16)18-5-3-11-25-18/h2-11,13,19,21H,12H2,1H3/t19-/m1/s1. The Kier molecular flexibility index (Phi) is 4.78. The summed E-state index contributed by atoms with van der Waals surface area (Å²) in [5.74, 6) is 0.690. The number of nitrogens with zero attached hydrogens (tertiary/aromatic N) is 1. The van der Waals surface area contributed by atoms with Gasteiger partial charge in [0.2, 0.25) is 5.89 Å². The van der Waals surface area contributed by atoms with Crippen LogP contribution in [-0.2, 0) is 6.54 Å². The van der Waals surface area contributed by atoms with E-state index in [2.05, 4.69) is 59.0 Å². The van der Waals surface area contributed by atoms with Crippen LogP contribution in [0.4, 0.5) is 0 Å². The van der Waals surface area contributed by atoms with Gasteiger partial charge in [-0.3, -0.25) is 5.32 Å². The zero-order valence-electron chi connectivity index (χ0n) is 13.8. The second-order valence-electron chi connectivity index (χ2n) is 5.86. The molecule has 0 saturated carbocycles. The van der Waals surface area contributed by atoms with Gasteiger partial charge in [-0.2, -0.15) is 0 Å².